The van der Waals surface area contributed by atoms with Crippen LogP contribution in [0.5, 0.6) is 0 Å². The van der Waals surface area contributed by atoms with E-state index in [0.29, 0.717) is 0 Å². The maximum atomic E-state index is 13.3. The first-order valence-corrected chi connectivity index (χ1v) is 6.95. The van der Waals surface area contributed by atoms with Crippen molar-refractivity contribution in [1.82, 2.24) is 0 Å². The highest BCUT2D eigenvalue weighted by Crippen LogP contribution is 2.60. The van der Waals surface area contributed by atoms with Gasteiger partial charge in [0.15, 0.2) is 0 Å². The molecule has 0 saturated heterocycles. The van der Waals surface area contributed by atoms with Crippen molar-refractivity contribution in [3.8, 4) is 0 Å². The second kappa shape index (κ2) is 7.79. The topological polar surface area (TPSA) is 40.5 Å². The summed E-state index contributed by atoms with van der Waals surface area (Å²) in [5.74, 6) is -36.8. The van der Waals surface area contributed by atoms with Crippen molar-refractivity contribution < 1.29 is 67.3 Å². The third kappa shape index (κ3) is 4.54. The first-order valence-electron chi connectivity index (χ1n) is 6.95. The zero-order valence-electron chi connectivity index (χ0n) is 12.9. The molecule has 0 fully saturated rings. The highest BCUT2D eigenvalue weighted by molar-refractivity contribution is 5.10. The normalized spacial score (nSPS) is 16.6. The number of hydrogen-bond donors (Lipinski definition) is 2. The molecule has 2 N–H and O–H groups in total. The quantitative estimate of drug-likeness (QED) is 0.387. The summed E-state index contributed by atoms with van der Waals surface area (Å²) in [7, 11) is 0. The Labute approximate surface area is 142 Å². The van der Waals surface area contributed by atoms with Gasteiger partial charge < -0.3 is 10.2 Å². The summed E-state index contributed by atoms with van der Waals surface area (Å²) in [5, 5.41) is 17.3. The van der Waals surface area contributed by atoms with Crippen LogP contribution < -0.4 is 0 Å². The molecular weight excluding hydrogens is 423 g/mol. The Morgan fingerprint density at radius 2 is 1.00 bits per heavy atom. The van der Waals surface area contributed by atoms with Gasteiger partial charge in [-0.1, -0.05) is 6.42 Å². The molecule has 27 heavy (non-hydrogen) atoms. The molecule has 0 rings (SSSR count). The van der Waals surface area contributed by atoms with E-state index in [4.69, 9.17) is 10.2 Å². The van der Waals surface area contributed by atoms with Crippen molar-refractivity contribution >= 4 is 0 Å². The highest BCUT2D eigenvalue weighted by Gasteiger charge is 2.90. The van der Waals surface area contributed by atoms with E-state index in [0.717, 1.165) is 0 Å². The van der Waals surface area contributed by atoms with Crippen molar-refractivity contribution in [2.24, 2.45) is 0 Å². The summed E-state index contributed by atoms with van der Waals surface area (Å²) in [6, 6.07) is 0. The number of halogens is 13. The molecule has 1 atom stereocenters. The average molecular weight is 436 g/mol. The van der Waals surface area contributed by atoms with Crippen LogP contribution in [0.1, 0.15) is 25.7 Å². The predicted molar refractivity (Wildman–Crippen MR) is 62.4 cm³/mol. The van der Waals surface area contributed by atoms with Gasteiger partial charge in [-0.3, -0.25) is 0 Å². The molecular formula is C12H13F13O2. The van der Waals surface area contributed by atoms with Crippen molar-refractivity contribution in [2.75, 3.05) is 6.61 Å². The lowest BCUT2D eigenvalue weighted by atomic mass is 9.91. The van der Waals surface area contributed by atoms with Gasteiger partial charge in [-0.2, -0.15) is 57.1 Å². The standard InChI is InChI=1S/C12H13F13O2/c13-7(14,4-2-1-3-6(27)5-26)8(15,16)9(17,18)10(19,20)11(21,22)12(23,24)25/h6,26-27H,1-5H2. The van der Waals surface area contributed by atoms with Gasteiger partial charge in [0, 0.05) is 6.42 Å². The van der Waals surface area contributed by atoms with Crippen LogP contribution in [0.3, 0.4) is 0 Å². The van der Waals surface area contributed by atoms with Crippen molar-refractivity contribution in [2.45, 2.75) is 67.6 Å². The minimum atomic E-state index is -7.89. The largest absolute Gasteiger partial charge is 0.460 e. The summed E-state index contributed by atoms with van der Waals surface area (Å²) in [6.45, 7) is -0.872. The summed E-state index contributed by atoms with van der Waals surface area (Å²) >= 11 is 0. The summed E-state index contributed by atoms with van der Waals surface area (Å²) in [6.07, 6.45) is -13.4. The van der Waals surface area contributed by atoms with Crippen molar-refractivity contribution in [3.05, 3.63) is 0 Å². The van der Waals surface area contributed by atoms with Gasteiger partial charge in [-0.15, -0.1) is 0 Å². The lowest BCUT2D eigenvalue weighted by Crippen LogP contribution is -2.70. The zero-order valence-corrected chi connectivity index (χ0v) is 12.9. The fraction of sp³-hybridized carbons (Fsp3) is 1.00. The van der Waals surface area contributed by atoms with Gasteiger partial charge in [0.1, 0.15) is 0 Å². The van der Waals surface area contributed by atoms with Gasteiger partial charge in [-0.05, 0) is 12.8 Å². The molecule has 0 aliphatic rings. The van der Waals surface area contributed by atoms with Gasteiger partial charge in [0.2, 0.25) is 0 Å². The smallest absolute Gasteiger partial charge is 0.394 e. The fourth-order valence-electron chi connectivity index (χ4n) is 1.78. The fourth-order valence-corrected chi connectivity index (χ4v) is 1.78. The van der Waals surface area contributed by atoms with Gasteiger partial charge in [-0.25, -0.2) is 0 Å². The monoisotopic (exact) mass is 436 g/mol. The molecule has 0 aliphatic carbocycles. The van der Waals surface area contributed by atoms with E-state index in [-0.39, 0.29) is 0 Å². The number of rotatable bonds is 10. The Morgan fingerprint density at radius 1 is 0.593 bits per heavy atom. The second-order valence-electron chi connectivity index (χ2n) is 5.58. The molecule has 2 nitrogen and oxygen atoms in total. The Morgan fingerprint density at radius 3 is 1.37 bits per heavy atom. The molecule has 0 aromatic rings. The minimum Gasteiger partial charge on any atom is -0.394 e. The van der Waals surface area contributed by atoms with E-state index in [1.54, 1.807) is 0 Å². The van der Waals surface area contributed by atoms with Gasteiger partial charge >= 0.3 is 35.8 Å². The van der Waals surface area contributed by atoms with Crippen LogP contribution in [0.4, 0.5) is 57.1 Å². The Bertz CT molecular complexity index is 486. The molecule has 0 aromatic heterocycles. The molecule has 1 unspecified atom stereocenters. The molecule has 0 spiro atoms. The Hall–Kier alpha value is -0.990. The van der Waals surface area contributed by atoms with E-state index in [2.05, 4.69) is 0 Å². The van der Waals surface area contributed by atoms with Crippen LogP contribution in [0.25, 0.3) is 0 Å². The molecule has 0 aromatic carbocycles. The van der Waals surface area contributed by atoms with Crippen LogP contribution in [0.2, 0.25) is 0 Å². The average Bonchev–Trinajstić information content (AvgIpc) is 2.49. The number of alkyl halides is 13. The third-order valence-electron chi connectivity index (χ3n) is 3.49. The predicted octanol–water partition coefficient (Wildman–Crippen LogP) is 4.64. The van der Waals surface area contributed by atoms with Crippen LogP contribution in [0, 0.1) is 0 Å². The van der Waals surface area contributed by atoms with Crippen molar-refractivity contribution in [3.63, 3.8) is 0 Å². The van der Waals surface area contributed by atoms with E-state index in [1.807, 2.05) is 0 Å². The zero-order chi connectivity index (χ0) is 22.1. The maximum absolute atomic E-state index is 13.3. The number of hydrogen-bond acceptors (Lipinski definition) is 2. The van der Waals surface area contributed by atoms with Gasteiger partial charge in [0.05, 0.1) is 12.7 Å². The van der Waals surface area contributed by atoms with Crippen LogP contribution >= 0.6 is 0 Å². The maximum Gasteiger partial charge on any atom is 0.460 e. The molecule has 0 radical (unpaired) electrons. The molecule has 15 heteroatoms. The molecule has 0 aliphatic heterocycles. The molecule has 0 saturated carbocycles. The molecule has 0 amide bonds. The minimum absolute atomic E-state index is 0.489. The van der Waals surface area contributed by atoms with E-state index >= 15 is 0 Å². The lowest BCUT2D eigenvalue weighted by molar-refractivity contribution is -0.440. The molecule has 0 heterocycles. The number of aliphatic hydroxyl groups excluding tert-OH is 2. The first-order chi connectivity index (χ1) is 11.7. The molecule has 0 bridgehead atoms. The Kier molecular flexibility index (Phi) is 7.51. The van der Waals surface area contributed by atoms with Gasteiger partial charge in [0.25, 0.3) is 0 Å². The van der Waals surface area contributed by atoms with Crippen molar-refractivity contribution in [1.29, 1.82) is 0 Å². The lowest BCUT2D eigenvalue weighted by Gasteiger charge is -2.39. The van der Waals surface area contributed by atoms with E-state index in [1.165, 1.54) is 0 Å². The number of aliphatic hydroxyl groups is 2. The van der Waals surface area contributed by atoms with E-state index < -0.39 is 74.2 Å². The summed E-state index contributed by atoms with van der Waals surface area (Å²) in [5.41, 5.74) is 0. The highest BCUT2D eigenvalue weighted by atomic mass is 19.4. The first kappa shape index (κ1) is 26.0. The van der Waals surface area contributed by atoms with Crippen LogP contribution in [-0.4, -0.2) is 58.7 Å². The summed E-state index contributed by atoms with van der Waals surface area (Å²) < 4.78 is 166. The molecule has 164 valence electrons. The van der Waals surface area contributed by atoms with E-state index in [9.17, 15) is 57.1 Å². The SMILES string of the molecule is OCC(O)CCCCC(F)(F)C(F)(F)C(F)(F)C(F)(F)C(F)(F)C(F)(F)F. The van der Waals surface area contributed by atoms with Crippen LogP contribution in [-0.2, 0) is 0 Å². The second-order valence-corrected chi connectivity index (χ2v) is 5.58. The number of unbranched alkanes of at least 4 members (excludes halogenated alkanes) is 1. The van der Waals surface area contributed by atoms with Crippen LogP contribution in [0.15, 0.2) is 0 Å². The third-order valence-corrected chi connectivity index (χ3v) is 3.49. The Balaban J connectivity index is 5.62. The summed E-state index contributed by atoms with van der Waals surface area (Å²) in [4.78, 5) is 0.